The van der Waals surface area contributed by atoms with Gasteiger partial charge in [0.25, 0.3) is 0 Å². The fourth-order valence-electron chi connectivity index (χ4n) is 2.66. The van der Waals surface area contributed by atoms with Crippen molar-refractivity contribution in [2.75, 3.05) is 6.54 Å². The second-order valence-corrected chi connectivity index (χ2v) is 7.91. The molecule has 0 saturated heterocycles. The molecule has 11 nitrogen and oxygen atoms in total. The predicted octanol–water partition coefficient (Wildman–Crippen LogP) is -0.848. The van der Waals surface area contributed by atoms with Crippen LogP contribution in [0.2, 0.25) is 0 Å². The predicted molar refractivity (Wildman–Crippen MR) is 109 cm³/mol. The lowest BCUT2D eigenvalue weighted by molar-refractivity contribution is -0.138. The topological polar surface area (TPSA) is 179 Å². The van der Waals surface area contributed by atoms with E-state index >= 15 is 0 Å². The summed E-state index contributed by atoms with van der Waals surface area (Å²) in [7, 11) is 0. The van der Waals surface area contributed by atoms with Crippen LogP contribution in [0.5, 0.6) is 0 Å². The van der Waals surface area contributed by atoms with Crippen LogP contribution in [0.1, 0.15) is 39.8 Å². The first-order valence-electron chi connectivity index (χ1n) is 9.84. The SMILES string of the molecule is CC(C)CC(NC(=O)C(N)C(C)C)C(=O)NC(Cc1cnc[nH]1)C(=O)NCC(=O)O. The van der Waals surface area contributed by atoms with Gasteiger partial charge in [0.05, 0.1) is 12.4 Å². The average molecular weight is 425 g/mol. The van der Waals surface area contributed by atoms with E-state index in [4.69, 9.17) is 10.8 Å². The summed E-state index contributed by atoms with van der Waals surface area (Å²) >= 11 is 0. The van der Waals surface area contributed by atoms with Gasteiger partial charge in [0.2, 0.25) is 17.7 Å². The molecule has 0 aliphatic heterocycles. The molecule has 0 radical (unpaired) electrons. The molecule has 168 valence electrons. The van der Waals surface area contributed by atoms with Gasteiger partial charge in [0, 0.05) is 18.3 Å². The number of nitrogens with two attached hydrogens (primary N) is 1. The number of hydrogen-bond donors (Lipinski definition) is 6. The molecule has 0 aliphatic rings. The number of hydrogen-bond acceptors (Lipinski definition) is 6. The molecule has 0 saturated carbocycles. The van der Waals surface area contributed by atoms with E-state index in [1.54, 1.807) is 13.8 Å². The number of nitrogens with one attached hydrogen (secondary N) is 4. The Hall–Kier alpha value is -2.95. The van der Waals surface area contributed by atoms with Gasteiger partial charge in [-0.15, -0.1) is 0 Å². The maximum absolute atomic E-state index is 12.9. The number of nitrogens with zero attached hydrogens (tertiary/aromatic N) is 1. The molecule has 0 aromatic carbocycles. The number of carbonyl (C=O) groups is 4. The highest BCUT2D eigenvalue weighted by molar-refractivity contribution is 5.93. The van der Waals surface area contributed by atoms with Gasteiger partial charge in [0.15, 0.2) is 0 Å². The minimum Gasteiger partial charge on any atom is -0.480 e. The largest absolute Gasteiger partial charge is 0.480 e. The number of rotatable bonds is 12. The smallest absolute Gasteiger partial charge is 0.322 e. The molecule has 1 aromatic heterocycles. The van der Waals surface area contributed by atoms with Crippen LogP contribution in [-0.2, 0) is 25.6 Å². The minimum atomic E-state index is -1.21. The molecule has 3 amide bonds. The summed E-state index contributed by atoms with van der Waals surface area (Å²) in [6.45, 7) is 6.82. The Morgan fingerprint density at radius 2 is 1.70 bits per heavy atom. The second kappa shape index (κ2) is 11.9. The van der Waals surface area contributed by atoms with Crippen molar-refractivity contribution >= 4 is 23.7 Å². The Kier molecular flexibility index (Phi) is 9.96. The van der Waals surface area contributed by atoms with Crippen molar-refractivity contribution in [2.45, 2.75) is 58.7 Å². The van der Waals surface area contributed by atoms with Crippen molar-refractivity contribution in [3.63, 3.8) is 0 Å². The quantitative estimate of drug-likeness (QED) is 0.253. The number of aromatic nitrogens is 2. The second-order valence-electron chi connectivity index (χ2n) is 7.91. The van der Waals surface area contributed by atoms with Crippen LogP contribution in [0.4, 0.5) is 0 Å². The van der Waals surface area contributed by atoms with E-state index in [2.05, 4.69) is 25.9 Å². The summed E-state index contributed by atoms with van der Waals surface area (Å²) in [5.74, 6) is -2.89. The molecule has 3 unspecified atom stereocenters. The van der Waals surface area contributed by atoms with Crippen LogP contribution in [0.3, 0.4) is 0 Å². The molecule has 3 atom stereocenters. The van der Waals surface area contributed by atoms with Crippen molar-refractivity contribution in [3.8, 4) is 0 Å². The van der Waals surface area contributed by atoms with Crippen molar-refractivity contribution in [2.24, 2.45) is 17.6 Å². The molecule has 0 spiro atoms. The number of imidazole rings is 1. The monoisotopic (exact) mass is 424 g/mol. The van der Waals surface area contributed by atoms with Crippen LogP contribution >= 0.6 is 0 Å². The maximum Gasteiger partial charge on any atom is 0.322 e. The highest BCUT2D eigenvalue weighted by Gasteiger charge is 2.29. The first-order valence-corrected chi connectivity index (χ1v) is 9.84. The van der Waals surface area contributed by atoms with Gasteiger partial charge in [-0.25, -0.2) is 4.98 Å². The van der Waals surface area contributed by atoms with Crippen LogP contribution in [0.25, 0.3) is 0 Å². The maximum atomic E-state index is 12.9. The van der Waals surface area contributed by atoms with E-state index < -0.39 is 48.4 Å². The summed E-state index contributed by atoms with van der Waals surface area (Å²) in [5, 5.41) is 16.3. The summed E-state index contributed by atoms with van der Waals surface area (Å²) < 4.78 is 0. The molecule has 1 rings (SSSR count). The van der Waals surface area contributed by atoms with Crippen LogP contribution < -0.4 is 21.7 Å². The third-order valence-electron chi connectivity index (χ3n) is 4.39. The molecular formula is C19H32N6O5. The van der Waals surface area contributed by atoms with Gasteiger partial charge >= 0.3 is 5.97 Å². The average Bonchev–Trinajstić information content (AvgIpc) is 3.16. The Balaban J connectivity index is 2.94. The zero-order valence-corrected chi connectivity index (χ0v) is 17.8. The molecule has 30 heavy (non-hydrogen) atoms. The summed E-state index contributed by atoms with van der Waals surface area (Å²) in [6.07, 6.45) is 3.35. The van der Waals surface area contributed by atoms with Gasteiger partial charge in [-0.1, -0.05) is 27.7 Å². The molecule has 7 N–H and O–H groups in total. The fourth-order valence-corrected chi connectivity index (χ4v) is 2.66. The van der Waals surface area contributed by atoms with Crippen LogP contribution in [0.15, 0.2) is 12.5 Å². The van der Waals surface area contributed by atoms with E-state index in [1.807, 2.05) is 13.8 Å². The Morgan fingerprint density at radius 3 is 2.20 bits per heavy atom. The normalized spacial score (nSPS) is 14.1. The fraction of sp³-hybridized carbons (Fsp3) is 0.632. The first kappa shape index (κ1) is 25.1. The van der Waals surface area contributed by atoms with Gasteiger partial charge < -0.3 is 31.8 Å². The molecular weight excluding hydrogens is 392 g/mol. The number of carboxylic acid groups (broad SMARTS) is 1. The molecule has 0 aliphatic carbocycles. The van der Waals surface area contributed by atoms with Crippen molar-refractivity contribution in [1.82, 2.24) is 25.9 Å². The van der Waals surface area contributed by atoms with Crippen molar-refractivity contribution in [3.05, 3.63) is 18.2 Å². The lowest BCUT2D eigenvalue weighted by Gasteiger charge is -2.25. The number of aromatic amines is 1. The van der Waals surface area contributed by atoms with Gasteiger partial charge in [0.1, 0.15) is 18.6 Å². The number of aliphatic carboxylic acids is 1. The van der Waals surface area contributed by atoms with E-state index in [0.717, 1.165) is 0 Å². The van der Waals surface area contributed by atoms with E-state index in [9.17, 15) is 19.2 Å². The van der Waals surface area contributed by atoms with Gasteiger partial charge in [-0.2, -0.15) is 0 Å². The zero-order chi connectivity index (χ0) is 22.8. The first-order chi connectivity index (χ1) is 14.0. The molecule has 1 heterocycles. The molecule has 11 heteroatoms. The van der Waals surface area contributed by atoms with Crippen LogP contribution in [0, 0.1) is 11.8 Å². The number of carbonyl (C=O) groups excluding carboxylic acids is 3. The Bertz CT molecular complexity index is 719. The van der Waals surface area contributed by atoms with Crippen molar-refractivity contribution < 1.29 is 24.3 Å². The summed E-state index contributed by atoms with van der Waals surface area (Å²) in [5.41, 5.74) is 6.45. The summed E-state index contributed by atoms with van der Waals surface area (Å²) in [6, 6.07) is -2.71. The molecule has 1 aromatic rings. The van der Waals surface area contributed by atoms with Gasteiger partial charge in [-0.3, -0.25) is 19.2 Å². The number of carboxylic acids is 1. The lowest BCUT2D eigenvalue weighted by atomic mass is 10.00. The highest BCUT2D eigenvalue weighted by Crippen LogP contribution is 2.08. The highest BCUT2D eigenvalue weighted by atomic mass is 16.4. The van der Waals surface area contributed by atoms with E-state index in [-0.39, 0.29) is 18.3 Å². The van der Waals surface area contributed by atoms with Crippen LogP contribution in [-0.4, -0.2) is 63.4 Å². The lowest BCUT2D eigenvalue weighted by Crippen LogP contribution is -2.57. The third kappa shape index (κ3) is 8.60. The number of amides is 3. The minimum absolute atomic E-state index is 0.0744. The zero-order valence-electron chi connectivity index (χ0n) is 17.8. The van der Waals surface area contributed by atoms with E-state index in [1.165, 1.54) is 12.5 Å². The Labute approximate surface area is 175 Å². The molecule has 0 bridgehead atoms. The van der Waals surface area contributed by atoms with E-state index in [0.29, 0.717) is 12.1 Å². The standard InChI is InChI=1S/C19H32N6O5/c1-10(2)5-13(25-19(30)16(20)11(3)4)18(29)24-14(6-12-7-21-9-23-12)17(28)22-8-15(26)27/h7,9-11,13-14,16H,5-6,8,20H2,1-4H3,(H,21,23)(H,22,28)(H,24,29)(H,25,30)(H,26,27). The summed E-state index contributed by atoms with van der Waals surface area (Å²) in [4.78, 5) is 55.2. The van der Waals surface area contributed by atoms with Crippen molar-refractivity contribution in [1.29, 1.82) is 0 Å². The number of H-pyrrole nitrogens is 1. The Morgan fingerprint density at radius 1 is 1.07 bits per heavy atom. The van der Waals surface area contributed by atoms with Gasteiger partial charge in [-0.05, 0) is 18.3 Å². The third-order valence-corrected chi connectivity index (χ3v) is 4.39. The molecule has 0 fully saturated rings.